The van der Waals surface area contributed by atoms with Crippen LogP contribution in [-0.2, 0) is 11.3 Å². The minimum absolute atomic E-state index is 0.0409. The molecular formula is C27H28N2O3. The molecule has 3 aromatic rings. The average molecular weight is 429 g/mol. The maximum absolute atomic E-state index is 13.2. The Morgan fingerprint density at radius 3 is 2.44 bits per heavy atom. The quantitative estimate of drug-likeness (QED) is 0.641. The molecule has 1 N–H and O–H groups in total. The maximum Gasteiger partial charge on any atom is 0.253 e. The van der Waals surface area contributed by atoms with Gasteiger partial charge >= 0.3 is 0 Å². The summed E-state index contributed by atoms with van der Waals surface area (Å²) in [6.45, 7) is 3.33. The summed E-state index contributed by atoms with van der Waals surface area (Å²) in [5.74, 6) is 0.224. The number of nitrogens with zero attached hydrogens (tertiary/aromatic N) is 1. The van der Waals surface area contributed by atoms with E-state index in [1.165, 1.54) is 0 Å². The first-order chi connectivity index (χ1) is 15.5. The van der Waals surface area contributed by atoms with Crippen molar-refractivity contribution in [2.45, 2.75) is 19.4 Å². The largest absolute Gasteiger partial charge is 0.497 e. The molecule has 1 aliphatic heterocycles. The van der Waals surface area contributed by atoms with Crippen LogP contribution < -0.4 is 10.1 Å². The number of nitrogens with one attached hydrogen (secondary N) is 1. The summed E-state index contributed by atoms with van der Waals surface area (Å²) in [5, 5.41) is 3.07. The van der Waals surface area contributed by atoms with Gasteiger partial charge in [-0.25, -0.2) is 0 Å². The van der Waals surface area contributed by atoms with E-state index in [2.05, 4.69) is 5.32 Å². The number of hydrogen-bond acceptors (Lipinski definition) is 3. The molecule has 2 amide bonds. The number of amides is 2. The van der Waals surface area contributed by atoms with Gasteiger partial charge in [-0.15, -0.1) is 0 Å². The molecule has 5 nitrogen and oxygen atoms in total. The van der Waals surface area contributed by atoms with Crippen LogP contribution in [-0.4, -0.2) is 36.9 Å². The smallest absolute Gasteiger partial charge is 0.253 e. The van der Waals surface area contributed by atoms with Gasteiger partial charge in [-0.2, -0.15) is 0 Å². The van der Waals surface area contributed by atoms with Crippen molar-refractivity contribution >= 4 is 11.8 Å². The van der Waals surface area contributed by atoms with Gasteiger partial charge in [-0.1, -0.05) is 60.2 Å². The number of carbonyl (C=O) groups is 2. The van der Waals surface area contributed by atoms with Crippen LogP contribution in [0.15, 0.2) is 78.9 Å². The summed E-state index contributed by atoms with van der Waals surface area (Å²) < 4.78 is 5.39. The Kier molecular flexibility index (Phi) is 6.55. The fourth-order valence-electron chi connectivity index (χ4n) is 4.24. The molecule has 1 heterocycles. The van der Waals surface area contributed by atoms with Crippen molar-refractivity contribution < 1.29 is 14.3 Å². The number of methoxy groups -OCH3 is 1. The maximum atomic E-state index is 13.2. The minimum atomic E-state index is -0.333. The third-order valence-corrected chi connectivity index (χ3v) is 6.07. The summed E-state index contributed by atoms with van der Waals surface area (Å²) in [6.07, 6.45) is 0. The third-order valence-electron chi connectivity index (χ3n) is 6.07. The van der Waals surface area contributed by atoms with Gasteiger partial charge in [0.2, 0.25) is 5.91 Å². The van der Waals surface area contributed by atoms with E-state index in [4.69, 9.17) is 4.74 Å². The van der Waals surface area contributed by atoms with E-state index in [0.717, 1.165) is 22.4 Å². The van der Waals surface area contributed by atoms with Crippen LogP contribution in [0.1, 0.15) is 33.0 Å². The van der Waals surface area contributed by atoms with E-state index >= 15 is 0 Å². The topological polar surface area (TPSA) is 58.6 Å². The molecule has 1 aliphatic rings. The summed E-state index contributed by atoms with van der Waals surface area (Å²) in [6, 6.07) is 25.2. The normalized spacial score (nSPS) is 17.8. The fourth-order valence-corrected chi connectivity index (χ4v) is 4.24. The zero-order valence-electron chi connectivity index (χ0n) is 18.5. The van der Waals surface area contributed by atoms with Gasteiger partial charge in [0.1, 0.15) is 5.75 Å². The second-order valence-corrected chi connectivity index (χ2v) is 8.27. The first-order valence-corrected chi connectivity index (χ1v) is 10.9. The first kappa shape index (κ1) is 21.6. The zero-order chi connectivity index (χ0) is 22.5. The molecule has 1 saturated heterocycles. The van der Waals surface area contributed by atoms with Gasteiger partial charge in [0.15, 0.2) is 0 Å². The predicted molar refractivity (Wildman–Crippen MR) is 125 cm³/mol. The van der Waals surface area contributed by atoms with Crippen LogP contribution in [0.5, 0.6) is 5.75 Å². The van der Waals surface area contributed by atoms with Crippen molar-refractivity contribution in [1.82, 2.24) is 10.2 Å². The van der Waals surface area contributed by atoms with Crippen molar-refractivity contribution in [2.75, 3.05) is 20.2 Å². The van der Waals surface area contributed by atoms with Crippen molar-refractivity contribution in [1.29, 1.82) is 0 Å². The number of ether oxygens (including phenoxy) is 1. The lowest BCUT2D eigenvalue weighted by Gasteiger charge is -2.18. The van der Waals surface area contributed by atoms with Crippen molar-refractivity contribution in [3.8, 4) is 5.75 Å². The Morgan fingerprint density at radius 1 is 0.969 bits per heavy atom. The van der Waals surface area contributed by atoms with Crippen LogP contribution >= 0.6 is 0 Å². The molecule has 4 rings (SSSR count). The molecule has 0 spiro atoms. The highest BCUT2D eigenvalue weighted by molar-refractivity contribution is 5.95. The number of aryl methyl sites for hydroxylation is 1. The van der Waals surface area contributed by atoms with Gasteiger partial charge in [-0.05, 0) is 42.3 Å². The van der Waals surface area contributed by atoms with Crippen LogP contribution in [0.25, 0.3) is 0 Å². The van der Waals surface area contributed by atoms with E-state index in [1.54, 1.807) is 12.0 Å². The van der Waals surface area contributed by atoms with E-state index in [0.29, 0.717) is 25.2 Å². The van der Waals surface area contributed by atoms with Gasteiger partial charge in [0.05, 0.1) is 13.0 Å². The summed E-state index contributed by atoms with van der Waals surface area (Å²) in [7, 11) is 1.63. The third kappa shape index (κ3) is 4.83. The Labute approximate surface area is 189 Å². The molecule has 0 radical (unpaired) electrons. The lowest BCUT2D eigenvalue weighted by atomic mass is 9.88. The lowest BCUT2D eigenvalue weighted by molar-refractivity contribution is -0.125. The van der Waals surface area contributed by atoms with Gasteiger partial charge < -0.3 is 15.0 Å². The van der Waals surface area contributed by atoms with E-state index in [1.807, 2.05) is 85.8 Å². The minimum Gasteiger partial charge on any atom is -0.497 e. The second-order valence-electron chi connectivity index (χ2n) is 8.27. The number of likely N-dealkylation sites (tertiary alicyclic amines) is 1. The first-order valence-electron chi connectivity index (χ1n) is 10.9. The van der Waals surface area contributed by atoms with Crippen molar-refractivity contribution in [2.24, 2.45) is 5.92 Å². The van der Waals surface area contributed by atoms with E-state index in [-0.39, 0.29) is 23.7 Å². The van der Waals surface area contributed by atoms with Crippen LogP contribution in [0.4, 0.5) is 0 Å². The van der Waals surface area contributed by atoms with Gasteiger partial charge in [-0.3, -0.25) is 9.59 Å². The predicted octanol–water partition coefficient (Wildman–Crippen LogP) is 4.18. The highest BCUT2D eigenvalue weighted by atomic mass is 16.5. The van der Waals surface area contributed by atoms with Gasteiger partial charge in [0.25, 0.3) is 5.91 Å². The summed E-state index contributed by atoms with van der Waals surface area (Å²) in [5.41, 5.74) is 3.80. The number of hydrogen-bond donors (Lipinski definition) is 1. The molecule has 1 fully saturated rings. The summed E-state index contributed by atoms with van der Waals surface area (Å²) in [4.78, 5) is 28.2. The highest BCUT2D eigenvalue weighted by Crippen LogP contribution is 2.35. The SMILES string of the molecule is COc1cccc(C2CN(C(=O)c3ccc(C)cc3)CC2C(=O)NCc2ccccc2)c1. The van der Waals surface area contributed by atoms with Crippen molar-refractivity contribution in [3.63, 3.8) is 0 Å². The van der Waals surface area contributed by atoms with Crippen molar-refractivity contribution in [3.05, 3.63) is 101 Å². The molecule has 2 atom stereocenters. The molecule has 0 aliphatic carbocycles. The van der Waals surface area contributed by atoms with Crippen LogP contribution in [0.2, 0.25) is 0 Å². The molecule has 5 heteroatoms. The Hall–Kier alpha value is -3.60. The Bertz CT molecular complexity index is 1080. The number of benzene rings is 3. The molecule has 0 bridgehead atoms. The fraction of sp³-hybridized carbons (Fsp3) is 0.259. The molecule has 0 aromatic heterocycles. The summed E-state index contributed by atoms with van der Waals surface area (Å²) >= 11 is 0. The monoisotopic (exact) mass is 428 g/mol. The average Bonchev–Trinajstić information content (AvgIpc) is 3.29. The molecule has 2 unspecified atom stereocenters. The number of rotatable bonds is 6. The standard InChI is InChI=1S/C27H28N2O3/c1-19-11-13-21(14-12-19)27(31)29-17-24(22-9-6-10-23(15-22)32-2)25(18-29)26(30)28-16-20-7-4-3-5-8-20/h3-15,24-25H,16-18H2,1-2H3,(H,28,30). The molecule has 32 heavy (non-hydrogen) atoms. The molecule has 3 aromatic carbocycles. The lowest BCUT2D eigenvalue weighted by Crippen LogP contribution is -2.35. The van der Waals surface area contributed by atoms with E-state index < -0.39 is 0 Å². The number of carbonyl (C=O) groups excluding carboxylic acids is 2. The molecule has 0 saturated carbocycles. The second kappa shape index (κ2) is 9.69. The Balaban J connectivity index is 1.56. The van der Waals surface area contributed by atoms with Crippen LogP contribution in [0, 0.1) is 12.8 Å². The zero-order valence-corrected chi connectivity index (χ0v) is 18.5. The molecular weight excluding hydrogens is 400 g/mol. The van der Waals surface area contributed by atoms with Gasteiger partial charge in [0, 0.05) is 31.1 Å². The van der Waals surface area contributed by atoms with Crippen LogP contribution in [0.3, 0.4) is 0 Å². The Morgan fingerprint density at radius 2 is 1.72 bits per heavy atom. The van der Waals surface area contributed by atoms with E-state index in [9.17, 15) is 9.59 Å². The molecule has 164 valence electrons. The highest BCUT2D eigenvalue weighted by Gasteiger charge is 2.40.